The standard InChI is InChI=1S/C14H22N2O3/c17-11(18)8-14(4-1-5-14)16-12(19)15-9-13(6-7-13)10-2-3-10/h10H,1-9H2,(H,17,18)(H2,15,16,19). The minimum absolute atomic E-state index is 0.0359. The summed E-state index contributed by atoms with van der Waals surface area (Å²) in [5.41, 5.74) is -0.108. The Hall–Kier alpha value is -1.26. The Morgan fingerprint density at radius 3 is 2.26 bits per heavy atom. The first-order valence-electron chi connectivity index (χ1n) is 7.32. The molecule has 0 aromatic carbocycles. The lowest BCUT2D eigenvalue weighted by Gasteiger charge is -2.41. The summed E-state index contributed by atoms with van der Waals surface area (Å²) in [7, 11) is 0. The second-order valence-corrected chi connectivity index (χ2v) is 6.65. The van der Waals surface area contributed by atoms with Crippen molar-refractivity contribution in [3.05, 3.63) is 0 Å². The van der Waals surface area contributed by atoms with Crippen molar-refractivity contribution in [1.29, 1.82) is 0 Å². The Labute approximate surface area is 113 Å². The lowest BCUT2D eigenvalue weighted by atomic mass is 9.74. The van der Waals surface area contributed by atoms with Crippen LogP contribution < -0.4 is 10.6 Å². The molecule has 0 saturated heterocycles. The Morgan fingerprint density at radius 1 is 1.16 bits per heavy atom. The largest absolute Gasteiger partial charge is 0.481 e. The van der Waals surface area contributed by atoms with E-state index in [0.717, 1.165) is 31.7 Å². The summed E-state index contributed by atoms with van der Waals surface area (Å²) in [6.07, 6.45) is 7.68. The fourth-order valence-corrected chi connectivity index (χ4v) is 3.37. The first-order chi connectivity index (χ1) is 9.04. The van der Waals surface area contributed by atoms with Crippen LogP contribution in [-0.4, -0.2) is 29.2 Å². The van der Waals surface area contributed by atoms with Crippen LogP contribution in [0, 0.1) is 11.3 Å². The van der Waals surface area contributed by atoms with Gasteiger partial charge in [-0.15, -0.1) is 0 Å². The van der Waals surface area contributed by atoms with Crippen molar-refractivity contribution in [1.82, 2.24) is 10.6 Å². The van der Waals surface area contributed by atoms with E-state index in [1.807, 2.05) is 0 Å². The van der Waals surface area contributed by atoms with Crippen molar-refractivity contribution < 1.29 is 14.7 Å². The van der Waals surface area contributed by atoms with Crippen molar-refractivity contribution in [2.45, 2.75) is 56.9 Å². The minimum atomic E-state index is -0.836. The molecule has 3 saturated carbocycles. The Bertz CT molecular complexity index is 395. The molecule has 0 atom stereocenters. The summed E-state index contributed by atoms with van der Waals surface area (Å²) in [6.45, 7) is 0.757. The highest BCUT2D eigenvalue weighted by atomic mass is 16.4. The number of aliphatic carboxylic acids is 1. The monoisotopic (exact) mass is 266 g/mol. The van der Waals surface area contributed by atoms with Gasteiger partial charge in [0, 0.05) is 6.54 Å². The topological polar surface area (TPSA) is 78.4 Å². The van der Waals surface area contributed by atoms with Gasteiger partial charge in [-0.3, -0.25) is 4.79 Å². The van der Waals surface area contributed by atoms with E-state index in [9.17, 15) is 9.59 Å². The van der Waals surface area contributed by atoms with Gasteiger partial charge in [0.15, 0.2) is 0 Å². The Balaban J connectivity index is 1.46. The van der Waals surface area contributed by atoms with Crippen molar-refractivity contribution in [3.8, 4) is 0 Å². The molecule has 0 bridgehead atoms. The number of carboxylic acids is 1. The summed E-state index contributed by atoms with van der Waals surface area (Å²) in [5, 5.41) is 14.8. The van der Waals surface area contributed by atoms with Crippen LogP contribution in [-0.2, 0) is 4.79 Å². The van der Waals surface area contributed by atoms with Gasteiger partial charge in [0.05, 0.1) is 12.0 Å². The smallest absolute Gasteiger partial charge is 0.315 e. The highest BCUT2D eigenvalue weighted by molar-refractivity contribution is 5.77. The lowest BCUT2D eigenvalue weighted by Crippen LogP contribution is -2.57. The van der Waals surface area contributed by atoms with E-state index in [0.29, 0.717) is 5.41 Å². The Morgan fingerprint density at radius 2 is 1.84 bits per heavy atom. The number of rotatable bonds is 6. The molecule has 3 aliphatic rings. The first-order valence-corrected chi connectivity index (χ1v) is 7.32. The number of nitrogens with one attached hydrogen (secondary N) is 2. The summed E-state index contributed by atoms with van der Waals surface area (Å²) in [6, 6.07) is -0.187. The van der Waals surface area contributed by atoms with E-state index in [-0.39, 0.29) is 12.5 Å². The average Bonchev–Trinajstić information content (AvgIpc) is 3.12. The molecule has 106 valence electrons. The molecule has 3 rings (SSSR count). The van der Waals surface area contributed by atoms with Crippen LogP contribution in [0.4, 0.5) is 4.79 Å². The van der Waals surface area contributed by atoms with Crippen LogP contribution in [0.25, 0.3) is 0 Å². The maximum Gasteiger partial charge on any atom is 0.315 e. The van der Waals surface area contributed by atoms with Gasteiger partial charge in [-0.05, 0) is 56.3 Å². The zero-order valence-corrected chi connectivity index (χ0v) is 11.2. The van der Waals surface area contributed by atoms with E-state index in [1.165, 1.54) is 25.7 Å². The van der Waals surface area contributed by atoms with Crippen LogP contribution in [0.3, 0.4) is 0 Å². The average molecular weight is 266 g/mol. The molecule has 3 N–H and O–H groups in total. The molecule has 0 radical (unpaired) electrons. The van der Waals surface area contributed by atoms with Crippen LogP contribution in [0.2, 0.25) is 0 Å². The third kappa shape index (κ3) is 2.69. The SMILES string of the molecule is O=C(O)CC1(NC(=O)NCC2(C3CC3)CC2)CCC1. The second-order valence-electron chi connectivity index (χ2n) is 6.65. The molecular formula is C14H22N2O3. The molecule has 5 nitrogen and oxygen atoms in total. The second kappa shape index (κ2) is 4.39. The van der Waals surface area contributed by atoms with Crippen LogP contribution in [0.15, 0.2) is 0 Å². The van der Waals surface area contributed by atoms with Gasteiger partial charge < -0.3 is 15.7 Å². The predicted octanol–water partition coefficient (Wildman–Crippen LogP) is 1.87. The zero-order chi connectivity index (χ0) is 13.5. The molecule has 0 aromatic rings. The van der Waals surface area contributed by atoms with Gasteiger partial charge in [0.1, 0.15) is 0 Å². The first kappa shape index (κ1) is 12.8. The molecule has 0 heterocycles. The van der Waals surface area contributed by atoms with E-state index < -0.39 is 11.5 Å². The zero-order valence-electron chi connectivity index (χ0n) is 11.2. The third-order valence-corrected chi connectivity index (χ3v) is 5.12. The number of amides is 2. The predicted molar refractivity (Wildman–Crippen MR) is 69.8 cm³/mol. The molecule has 3 aliphatic carbocycles. The highest BCUT2D eigenvalue weighted by Crippen LogP contribution is 2.60. The van der Waals surface area contributed by atoms with Crippen molar-refractivity contribution in [3.63, 3.8) is 0 Å². The van der Waals surface area contributed by atoms with E-state index in [4.69, 9.17) is 5.11 Å². The van der Waals surface area contributed by atoms with Crippen LogP contribution in [0.1, 0.15) is 51.4 Å². The molecule has 2 amide bonds. The molecule has 3 fully saturated rings. The van der Waals surface area contributed by atoms with Crippen LogP contribution >= 0.6 is 0 Å². The third-order valence-electron chi connectivity index (χ3n) is 5.12. The van der Waals surface area contributed by atoms with E-state index in [2.05, 4.69) is 10.6 Å². The maximum atomic E-state index is 11.9. The number of carboxylic acid groups (broad SMARTS) is 1. The van der Waals surface area contributed by atoms with Gasteiger partial charge in [0.2, 0.25) is 0 Å². The van der Waals surface area contributed by atoms with Gasteiger partial charge in [0.25, 0.3) is 0 Å². The van der Waals surface area contributed by atoms with E-state index in [1.54, 1.807) is 0 Å². The molecule has 0 spiro atoms. The molecule has 0 unspecified atom stereocenters. The van der Waals surface area contributed by atoms with Crippen molar-refractivity contribution in [2.24, 2.45) is 11.3 Å². The fraction of sp³-hybridized carbons (Fsp3) is 0.857. The number of carbonyl (C=O) groups excluding carboxylic acids is 1. The fourth-order valence-electron chi connectivity index (χ4n) is 3.37. The normalized spacial score (nSPS) is 26.1. The molecule has 0 aromatic heterocycles. The van der Waals surface area contributed by atoms with E-state index >= 15 is 0 Å². The number of hydrogen-bond donors (Lipinski definition) is 3. The summed E-state index contributed by atoms with van der Waals surface area (Å²) < 4.78 is 0. The summed E-state index contributed by atoms with van der Waals surface area (Å²) >= 11 is 0. The van der Waals surface area contributed by atoms with Gasteiger partial charge in [-0.2, -0.15) is 0 Å². The quantitative estimate of drug-likeness (QED) is 0.686. The highest BCUT2D eigenvalue weighted by Gasteiger charge is 2.53. The van der Waals surface area contributed by atoms with Crippen molar-refractivity contribution >= 4 is 12.0 Å². The summed E-state index contributed by atoms with van der Waals surface area (Å²) in [5.74, 6) is -0.0128. The van der Waals surface area contributed by atoms with Gasteiger partial charge >= 0.3 is 12.0 Å². The number of urea groups is 1. The molecule has 5 heteroatoms. The number of carbonyl (C=O) groups is 2. The summed E-state index contributed by atoms with van der Waals surface area (Å²) in [4.78, 5) is 22.8. The minimum Gasteiger partial charge on any atom is -0.481 e. The van der Waals surface area contributed by atoms with Crippen LogP contribution in [0.5, 0.6) is 0 Å². The maximum absolute atomic E-state index is 11.9. The number of hydrogen-bond acceptors (Lipinski definition) is 2. The van der Waals surface area contributed by atoms with Gasteiger partial charge in [-0.1, -0.05) is 0 Å². The Kier molecular flexibility index (Phi) is 2.95. The van der Waals surface area contributed by atoms with Crippen molar-refractivity contribution in [2.75, 3.05) is 6.54 Å². The molecular weight excluding hydrogens is 244 g/mol. The van der Waals surface area contributed by atoms with Gasteiger partial charge in [-0.25, -0.2) is 4.79 Å². The lowest BCUT2D eigenvalue weighted by molar-refractivity contribution is -0.139. The molecule has 0 aliphatic heterocycles. The molecule has 19 heavy (non-hydrogen) atoms.